The van der Waals surface area contributed by atoms with Crippen molar-refractivity contribution in [1.29, 1.82) is 5.41 Å². The highest BCUT2D eigenvalue weighted by molar-refractivity contribution is 6.30. The van der Waals surface area contributed by atoms with E-state index in [-0.39, 0.29) is 11.4 Å². The average Bonchev–Trinajstić information content (AvgIpc) is 2.78. The zero-order valence-electron chi connectivity index (χ0n) is 16.6. The zero-order chi connectivity index (χ0) is 22.8. The molecule has 160 valence electrons. The van der Waals surface area contributed by atoms with Gasteiger partial charge in [0.25, 0.3) is 5.91 Å². The van der Waals surface area contributed by atoms with Gasteiger partial charge in [0.2, 0.25) is 0 Å². The highest BCUT2D eigenvalue weighted by Crippen LogP contribution is 2.14. The molecule has 7 nitrogen and oxygen atoms in total. The molecule has 0 heterocycles. The second-order valence-corrected chi connectivity index (χ2v) is 6.92. The van der Waals surface area contributed by atoms with Crippen molar-refractivity contribution in [3.8, 4) is 0 Å². The van der Waals surface area contributed by atoms with Gasteiger partial charge in [-0.05, 0) is 35.4 Å². The largest absolute Gasteiger partial charge is 0.479 e. The van der Waals surface area contributed by atoms with Gasteiger partial charge in [0.1, 0.15) is 5.84 Å². The third-order valence-electron chi connectivity index (χ3n) is 4.22. The molecule has 0 saturated heterocycles. The molecule has 31 heavy (non-hydrogen) atoms. The number of carbonyl (C=O) groups excluding carboxylic acids is 1. The SMILES string of the molecule is N=C(N)c1cccc(C(=O)N[C@@H](C(=O)O)c2ccccc2)c1.NCc1cccc(Cl)c1. The number of halogens is 1. The highest BCUT2D eigenvalue weighted by Gasteiger charge is 2.22. The minimum Gasteiger partial charge on any atom is -0.479 e. The number of carbonyl (C=O) groups is 2. The smallest absolute Gasteiger partial charge is 0.330 e. The number of nitrogen functional groups attached to an aromatic ring is 1. The molecular formula is C23H23ClN4O3. The van der Waals surface area contributed by atoms with Crippen molar-refractivity contribution in [2.75, 3.05) is 0 Å². The average molecular weight is 439 g/mol. The molecule has 3 aromatic carbocycles. The number of rotatable bonds is 6. The summed E-state index contributed by atoms with van der Waals surface area (Å²) in [6, 6.07) is 21.0. The van der Waals surface area contributed by atoms with Crippen molar-refractivity contribution in [1.82, 2.24) is 5.32 Å². The number of amides is 1. The molecule has 0 radical (unpaired) electrons. The number of nitrogens with one attached hydrogen (secondary N) is 2. The fourth-order valence-corrected chi connectivity index (χ4v) is 2.85. The van der Waals surface area contributed by atoms with Crippen molar-refractivity contribution in [2.24, 2.45) is 11.5 Å². The van der Waals surface area contributed by atoms with Crippen LogP contribution in [0.3, 0.4) is 0 Å². The molecule has 3 aromatic rings. The van der Waals surface area contributed by atoms with Crippen molar-refractivity contribution in [3.05, 3.63) is 106 Å². The van der Waals surface area contributed by atoms with Gasteiger partial charge in [0.05, 0.1) is 0 Å². The summed E-state index contributed by atoms with van der Waals surface area (Å²) in [4.78, 5) is 23.6. The van der Waals surface area contributed by atoms with Crippen LogP contribution in [-0.2, 0) is 11.3 Å². The van der Waals surface area contributed by atoms with Crippen LogP contribution in [0.4, 0.5) is 0 Å². The first kappa shape index (κ1) is 23.6. The Bertz CT molecular complexity index is 1060. The lowest BCUT2D eigenvalue weighted by Crippen LogP contribution is -2.33. The van der Waals surface area contributed by atoms with Crippen LogP contribution in [0.15, 0.2) is 78.9 Å². The fourth-order valence-electron chi connectivity index (χ4n) is 2.64. The molecule has 0 spiro atoms. The third kappa shape index (κ3) is 7.26. The van der Waals surface area contributed by atoms with Crippen molar-refractivity contribution < 1.29 is 14.7 Å². The van der Waals surface area contributed by atoms with E-state index in [9.17, 15) is 14.7 Å². The molecule has 3 rings (SSSR count). The Balaban J connectivity index is 0.000000316. The van der Waals surface area contributed by atoms with E-state index in [4.69, 9.17) is 28.5 Å². The Kier molecular flexibility index (Phi) is 8.75. The van der Waals surface area contributed by atoms with Crippen LogP contribution in [0.5, 0.6) is 0 Å². The molecule has 0 aliphatic carbocycles. The lowest BCUT2D eigenvalue weighted by Gasteiger charge is -2.15. The summed E-state index contributed by atoms with van der Waals surface area (Å²) in [6.45, 7) is 0.556. The Labute approximate surface area is 185 Å². The molecule has 0 aromatic heterocycles. The standard InChI is InChI=1S/C16H15N3O3.C7H8ClN/c17-14(18)11-7-4-8-12(9-11)15(20)19-13(16(21)22)10-5-2-1-3-6-10;8-7-3-1-2-6(4-7)5-9/h1-9,13H,(H3,17,18)(H,19,20)(H,21,22);1-4H,5,9H2/t13-;/m1./s1. The monoisotopic (exact) mass is 438 g/mol. The molecule has 1 atom stereocenters. The van der Waals surface area contributed by atoms with Gasteiger partial charge in [-0.3, -0.25) is 10.2 Å². The van der Waals surface area contributed by atoms with Crippen LogP contribution in [0.1, 0.15) is 33.1 Å². The Hall–Kier alpha value is -3.68. The summed E-state index contributed by atoms with van der Waals surface area (Å²) in [5, 5.41) is 19.9. The van der Waals surface area contributed by atoms with E-state index in [2.05, 4.69) is 5.32 Å². The highest BCUT2D eigenvalue weighted by atomic mass is 35.5. The van der Waals surface area contributed by atoms with E-state index < -0.39 is 17.9 Å². The molecule has 0 saturated carbocycles. The second-order valence-electron chi connectivity index (χ2n) is 6.48. The third-order valence-corrected chi connectivity index (χ3v) is 4.45. The van der Waals surface area contributed by atoms with Crippen LogP contribution < -0.4 is 16.8 Å². The first-order valence-electron chi connectivity index (χ1n) is 9.29. The number of nitrogens with two attached hydrogens (primary N) is 2. The van der Waals surface area contributed by atoms with E-state index in [0.717, 1.165) is 10.6 Å². The van der Waals surface area contributed by atoms with Gasteiger partial charge in [-0.2, -0.15) is 0 Å². The molecule has 1 amide bonds. The number of aliphatic carboxylic acids is 1. The predicted molar refractivity (Wildman–Crippen MR) is 121 cm³/mol. The van der Waals surface area contributed by atoms with Crippen molar-refractivity contribution in [3.63, 3.8) is 0 Å². The molecule has 0 unspecified atom stereocenters. The molecule has 0 aliphatic rings. The van der Waals surface area contributed by atoms with Crippen molar-refractivity contribution >= 4 is 29.3 Å². The minimum absolute atomic E-state index is 0.160. The van der Waals surface area contributed by atoms with Crippen LogP contribution in [0, 0.1) is 5.41 Å². The van der Waals surface area contributed by atoms with Crippen molar-refractivity contribution in [2.45, 2.75) is 12.6 Å². The summed E-state index contributed by atoms with van der Waals surface area (Å²) in [7, 11) is 0. The fraction of sp³-hybridized carbons (Fsp3) is 0.0870. The van der Waals surface area contributed by atoms with Gasteiger partial charge in [-0.1, -0.05) is 66.2 Å². The predicted octanol–water partition coefficient (Wildman–Crippen LogP) is 3.33. The van der Waals surface area contributed by atoms with Gasteiger partial charge in [0, 0.05) is 22.7 Å². The van der Waals surface area contributed by atoms with E-state index in [1.807, 2.05) is 24.3 Å². The minimum atomic E-state index is -1.15. The number of benzene rings is 3. The topological polar surface area (TPSA) is 142 Å². The normalized spacial score (nSPS) is 10.9. The maximum absolute atomic E-state index is 12.2. The van der Waals surface area contributed by atoms with E-state index in [0.29, 0.717) is 17.7 Å². The van der Waals surface area contributed by atoms with Gasteiger partial charge in [0.15, 0.2) is 6.04 Å². The number of carboxylic acids is 1. The molecule has 0 aliphatic heterocycles. The summed E-state index contributed by atoms with van der Waals surface area (Å²) in [5.74, 6) is -1.85. The van der Waals surface area contributed by atoms with Crippen LogP contribution >= 0.6 is 11.6 Å². The van der Waals surface area contributed by atoms with Gasteiger partial charge >= 0.3 is 5.97 Å². The Morgan fingerprint density at radius 1 is 0.968 bits per heavy atom. The van der Waals surface area contributed by atoms with E-state index in [1.165, 1.54) is 12.1 Å². The molecular weight excluding hydrogens is 416 g/mol. The van der Waals surface area contributed by atoms with Gasteiger partial charge in [-0.25, -0.2) is 4.79 Å². The Morgan fingerprint density at radius 2 is 1.61 bits per heavy atom. The summed E-state index contributed by atoms with van der Waals surface area (Å²) in [6.07, 6.45) is 0. The van der Waals surface area contributed by atoms with Crippen LogP contribution in [0.25, 0.3) is 0 Å². The molecule has 7 N–H and O–H groups in total. The second kappa shape index (κ2) is 11.5. The quantitative estimate of drug-likeness (QED) is 0.296. The first-order chi connectivity index (χ1) is 14.8. The number of amidine groups is 1. The van der Waals surface area contributed by atoms with E-state index in [1.54, 1.807) is 42.5 Å². The maximum Gasteiger partial charge on any atom is 0.330 e. The summed E-state index contributed by atoms with van der Waals surface area (Å²) < 4.78 is 0. The summed E-state index contributed by atoms with van der Waals surface area (Å²) in [5.41, 5.74) is 12.9. The van der Waals surface area contributed by atoms with Gasteiger partial charge in [-0.15, -0.1) is 0 Å². The zero-order valence-corrected chi connectivity index (χ0v) is 17.3. The summed E-state index contributed by atoms with van der Waals surface area (Å²) >= 11 is 5.67. The number of hydrogen-bond donors (Lipinski definition) is 5. The van der Waals surface area contributed by atoms with E-state index >= 15 is 0 Å². The van der Waals surface area contributed by atoms with Crippen LogP contribution in [0.2, 0.25) is 5.02 Å². The molecule has 8 heteroatoms. The lowest BCUT2D eigenvalue weighted by molar-refractivity contribution is -0.139. The maximum atomic E-state index is 12.2. The lowest BCUT2D eigenvalue weighted by atomic mass is 10.1. The molecule has 0 bridgehead atoms. The number of carboxylic acid groups (broad SMARTS) is 1. The van der Waals surface area contributed by atoms with Crippen LogP contribution in [-0.4, -0.2) is 22.8 Å². The van der Waals surface area contributed by atoms with Gasteiger partial charge < -0.3 is 21.9 Å². The first-order valence-corrected chi connectivity index (χ1v) is 9.67. The Morgan fingerprint density at radius 3 is 2.16 bits per heavy atom. The molecule has 0 fully saturated rings. The number of hydrogen-bond acceptors (Lipinski definition) is 4.